The van der Waals surface area contributed by atoms with Crippen LogP contribution in [0.1, 0.15) is 67.2 Å². The Balaban J connectivity index is 2.68. The first kappa shape index (κ1) is 18.2. The van der Waals surface area contributed by atoms with E-state index in [1.165, 1.54) is 0 Å². The summed E-state index contributed by atoms with van der Waals surface area (Å²) < 4.78 is 10.5. The second kappa shape index (κ2) is 9.98. The van der Waals surface area contributed by atoms with Gasteiger partial charge in [-0.2, -0.15) is 0 Å². The molecule has 122 valence electrons. The fraction of sp³-hybridized carbons (Fsp3) is 0.556. The first-order valence-corrected chi connectivity index (χ1v) is 8.03. The Morgan fingerprint density at radius 3 is 2.14 bits per heavy atom. The highest BCUT2D eigenvalue weighted by Gasteiger charge is 2.19. The molecule has 0 bridgehead atoms. The van der Waals surface area contributed by atoms with E-state index in [1.54, 1.807) is 24.3 Å². The molecule has 0 amide bonds. The summed E-state index contributed by atoms with van der Waals surface area (Å²) in [5.74, 6) is -0.634. The van der Waals surface area contributed by atoms with Crippen LogP contribution in [0.2, 0.25) is 0 Å². The van der Waals surface area contributed by atoms with Gasteiger partial charge in [-0.05, 0) is 24.5 Å². The molecule has 0 aliphatic heterocycles. The molecule has 1 aromatic rings. The Morgan fingerprint density at radius 1 is 1.00 bits per heavy atom. The van der Waals surface area contributed by atoms with Crippen molar-refractivity contribution in [3.63, 3.8) is 0 Å². The first-order valence-electron chi connectivity index (χ1n) is 8.03. The van der Waals surface area contributed by atoms with Gasteiger partial charge in [-0.1, -0.05) is 52.2 Å². The molecule has 0 saturated carbocycles. The minimum Gasteiger partial charge on any atom is -0.462 e. The van der Waals surface area contributed by atoms with E-state index in [9.17, 15) is 9.59 Å². The van der Waals surface area contributed by atoms with Crippen LogP contribution in [0.3, 0.4) is 0 Å². The van der Waals surface area contributed by atoms with Crippen LogP contribution in [0.5, 0.6) is 0 Å². The molecule has 0 radical (unpaired) electrons. The fourth-order valence-corrected chi connectivity index (χ4v) is 1.85. The van der Waals surface area contributed by atoms with Crippen LogP contribution < -0.4 is 0 Å². The lowest BCUT2D eigenvalue weighted by atomic mass is 10.1. The number of carbonyl (C=O) groups excluding carboxylic acids is 2. The highest BCUT2D eigenvalue weighted by molar-refractivity contribution is 6.03. The Bertz CT molecular complexity index is 482. The molecule has 0 aliphatic rings. The Kier molecular flexibility index (Phi) is 8.26. The van der Waals surface area contributed by atoms with Crippen molar-refractivity contribution in [2.24, 2.45) is 5.92 Å². The Hall–Kier alpha value is -1.84. The van der Waals surface area contributed by atoms with Gasteiger partial charge in [0, 0.05) is 0 Å². The summed E-state index contributed by atoms with van der Waals surface area (Å²) in [6, 6.07) is 6.63. The third-order valence-corrected chi connectivity index (χ3v) is 3.54. The van der Waals surface area contributed by atoms with Crippen molar-refractivity contribution < 1.29 is 19.1 Å². The number of carbonyl (C=O) groups is 2. The van der Waals surface area contributed by atoms with E-state index >= 15 is 0 Å². The van der Waals surface area contributed by atoms with E-state index in [1.807, 2.05) is 13.8 Å². The molecule has 1 aromatic carbocycles. The minimum absolute atomic E-state index is 0.270. The second-order valence-electron chi connectivity index (χ2n) is 5.50. The number of benzene rings is 1. The molecule has 0 N–H and O–H groups in total. The SMILES string of the molecule is CCCCCOC(=O)c1ccccc1C(=O)OCC(C)CC. The topological polar surface area (TPSA) is 52.6 Å². The number of hydrogen-bond acceptors (Lipinski definition) is 4. The largest absolute Gasteiger partial charge is 0.462 e. The molecule has 0 spiro atoms. The predicted octanol–water partition coefficient (Wildman–Crippen LogP) is 4.24. The third-order valence-electron chi connectivity index (χ3n) is 3.54. The van der Waals surface area contributed by atoms with Gasteiger partial charge in [-0.15, -0.1) is 0 Å². The zero-order valence-electron chi connectivity index (χ0n) is 13.8. The van der Waals surface area contributed by atoms with E-state index in [0.717, 1.165) is 25.7 Å². The molecule has 0 aliphatic carbocycles. The van der Waals surface area contributed by atoms with Gasteiger partial charge < -0.3 is 9.47 Å². The summed E-state index contributed by atoms with van der Waals surface area (Å²) in [6.07, 6.45) is 3.86. The van der Waals surface area contributed by atoms with Crippen molar-refractivity contribution in [3.05, 3.63) is 35.4 Å². The van der Waals surface area contributed by atoms with Crippen LogP contribution in [0, 0.1) is 5.92 Å². The average Bonchev–Trinajstić information content (AvgIpc) is 2.56. The van der Waals surface area contributed by atoms with Gasteiger partial charge >= 0.3 is 11.9 Å². The molecule has 0 aromatic heterocycles. The maximum Gasteiger partial charge on any atom is 0.339 e. The zero-order chi connectivity index (χ0) is 16.4. The number of esters is 2. The van der Waals surface area contributed by atoms with E-state index in [0.29, 0.717) is 19.1 Å². The molecule has 1 unspecified atom stereocenters. The molecular weight excluding hydrogens is 280 g/mol. The van der Waals surface area contributed by atoms with E-state index in [2.05, 4.69) is 6.92 Å². The van der Waals surface area contributed by atoms with Gasteiger partial charge in [0.1, 0.15) is 0 Å². The molecule has 22 heavy (non-hydrogen) atoms. The predicted molar refractivity (Wildman–Crippen MR) is 86.0 cm³/mol. The summed E-state index contributed by atoms with van der Waals surface area (Å²) in [4.78, 5) is 24.2. The van der Waals surface area contributed by atoms with Gasteiger partial charge in [0.15, 0.2) is 0 Å². The van der Waals surface area contributed by atoms with Gasteiger partial charge in [0.25, 0.3) is 0 Å². The minimum atomic E-state index is -0.471. The molecular formula is C18H26O4. The van der Waals surface area contributed by atoms with Crippen molar-refractivity contribution >= 4 is 11.9 Å². The molecule has 4 heteroatoms. The number of rotatable bonds is 9. The van der Waals surface area contributed by atoms with Crippen LogP contribution in [0.25, 0.3) is 0 Å². The summed E-state index contributed by atoms with van der Waals surface area (Å²) in [5, 5.41) is 0. The molecule has 0 fully saturated rings. The maximum absolute atomic E-state index is 12.1. The molecule has 4 nitrogen and oxygen atoms in total. The van der Waals surface area contributed by atoms with Crippen LogP contribution in [0.15, 0.2) is 24.3 Å². The van der Waals surface area contributed by atoms with Crippen LogP contribution in [0.4, 0.5) is 0 Å². The van der Waals surface area contributed by atoms with Gasteiger partial charge in [-0.25, -0.2) is 9.59 Å². The molecule has 1 atom stereocenters. The average molecular weight is 306 g/mol. The lowest BCUT2D eigenvalue weighted by Crippen LogP contribution is -2.16. The van der Waals surface area contributed by atoms with E-state index < -0.39 is 11.9 Å². The van der Waals surface area contributed by atoms with Gasteiger partial charge in [0.2, 0.25) is 0 Å². The number of ether oxygens (including phenoxy) is 2. The van der Waals surface area contributed by atoms with Crippen molar-refractivity contribution in [3.8, 4) is 0 Å². The second-order valence-corrected chi connectivity index (χ2v) is 5.50. The Labute approximate surface area is 132 Å². The number of hydrogen-bond donors (Lipinski definition) is 0. The highest BCUT2D eigenvalue weighted by atomic mass is 16.5. The quantitative estimate of drug-likeness (QED) is 0.506. The molecule has 1 rings (SSSR count). The van der Waals surface area contributed by atoms with Crippen molar-refractivity contribution in [2.75, 3.05) is 13.2 Å². The monoisotopic (exact) mass is 306 g/mol. The fourth-order valence-electron chi connectivity index (χ4n) is 1.85. The van der Waals surface area contributed by atoms with Crippen LogP contribution in [-0.2, 0) is 9.47 Å². The van der Waals surface area contributed by atoms with Crippen molar-refractivity contribution in [1.29, 1.82) is 0 Å². The van der Waals surface area contributed by atoms with Crippen LogP contribution >= 0.6 is 0 Å². The molecule has 0 heterocycles. The van der Waals surface area contributed by atoms with Gasteiger partial charge in [0.05, 0.1) is 24.3 Å². The zero-order valence-corrected chi connectivity index (χ0v) is 13.8. The standard InChI is InChI=1S/C18H26O4/c1-4-6-9-12-21-17(19)15-10-7-8-11-16(15)18(20)22-13-14(3)5-2/h7-8,10-11,14H,4-6,9,12-13H2,1-3H3. The smallest absolute Gasteiger partial charge is 0.339 e. The Morgan fingerprint density at radius 2 is 1.59 bits per heavy atom. The highest BCUT2D eigenvalue weighted by Crippen LogP contribution is 2.13. The van der Waals surface area contributed by atoms with Gasteiger partial charge in [-0.3, -0.25) is 0 Å². The molecule has 0 saturated heterocycles. The van der Waals surface area contributed by atoms with E-state index in [-0.39, 0.29) is 11.1 Å². The maximum atomic E-state index is 12.1. The summed E-state index contributed by atoms with van der Waals surface area (Å²) in [5.41, 5.74) is 0.541. The van der Waals surface area contributed by atoms with E-state index in [4.69, 9.17) is 9.47 Å². The normalized spacial score (nSPS) is 11.8. The number of unbranched alkanes of at least 4 members (excludes halogenated alkanes) is 2. The van der Waals surface area contributed by atoms with Crippen molar-refractivity contribution in [1.82, 2.24) is 0 Å². The summed E-state index contributed by atoms with van der Waals surface area (Å²) in [6.45, 7) is 6.88. The lowest BCUT2D eigenvalue weighted by molar-refractivity contribution is 0.0419. The third kappa shape index (κ3) is 5.88. The van der Waals surface area contributed by atoms with Crippen molar-refractivity contribution in [2.45, 2.75) is 46.5 Å². The lowest BCUT2D eigenvalue weighted by Gasteiger charge is -2.12. The summed E-state index contributed by atoms with van der Waals surface area (Å²) >= 11 is 0. The van der Waals surface area contributed by atoms with Crippen LogP contribution in [-0.4, -0.2) is 25.2 Å². The summed E-state index contributed by atoms with van der Waals surface area (Å²) in [7, 11) is 0. The first-order chi connectivity index (χ1) is 10.6.